The second-order valence-corrected chi connectivity index (χ2v) is 10.4. The van der Waals surface area contributed by atoms with Crippen molar-refractivity contribution in [2.45, 2.75) is 31.5 Å². The maximum absolute atomic E-state index is 13.0. The number of nitrogens with one attached hydrogen (secondary N) is 1. The Morgan fingerprint density at radius 1 is 1.26 bits per heavy atom. The fraction of sp³-hybridized carbons (Fsp3) is 0.333. The van der Waals surface area contributed by atoms with E-state index in [1.165, 1.54) is 11.4 Å². The summed E-state index contributed by atoms with van der Waals surface area (Å²) in [5.41, 5.74) is 6.00. The lowest BCUT2D eigenvalue weighted by Crippen LogP contribution is -2.26. The minimum atomic E-state index is -3.95. The van der Waals surface area contributed by atoms with E-state index in [1.807, 2.05) is 30.3 Å². The maximum Gasteiger partial charge on any atom is 0.254 e. The van der Waals surface area contributed by atoms with Crippen LogP contribution < -0.4 is 11.1 Å². The van der Waals surface area contributed by atoms with Crippen LogP contribution in [0, 0.1) is 5.41 Å². The van der Waals surface area contributed by atoms with E-state index < -0.39 is 15.4 Å². The third-order valence-corrected chi connectivity index (χ3v) is 7.41. The second kappa shape index (κ2) is 7.79. The van der Waals surface area contributed by atoms with Crippen LogP contribution in [-0.4, -0.2) is 32.0 Å². The third-order valence-electron chi connectivity index (χ3n) is 3.89. The highest BCUT2D eigenvalue weighted by Gasteiger charge is 2.34. The number of carbonyl (C=O) groups is 2. The molecule has 0 atom stereocenters. The molecule has 0 unspecified atom stereocenters. The molecule has 1 aromatic heterocycles. The highest BCUT2D eigenvalue weighted by atomic mass is 32.2. The normalized spacial score (nSPS) is 12.2. The van der Waals surface area contributed by atoms with Crippen molar-refractivity contribution < 1.29 is 18.0 Å². The first-order chi connectivity index (χ1) is 12.5. The van der Waals surface area contributed by atoms with Gasteiger partial charge in [0.05, 0.1) is 16.3 Å². The number of sulfonamides is 1. The Morgan fingerprint density at radius 3 is 2.37 bits per heavy atom. The van der Waals surface area contributed by atoms with Crippen molar-refractivity contribution in [3.8, 4) is 0 Å². The van der Waals surface area contributed by atoms with Crippen LogP contribution >= 0.6 is 11.3 Å². The van der Waals surface area contributed by atoms with Crippen LogP contribution in [0.5, 0.6) is 0 Å². The Morgan fingerprint density at radius 2 is 1.85 bits per heavy atom. The van der Waals surface area contributed by atoms with Gasteiger partial charge in [0, 0.05) is 19.0 Å². The number of nitrogen functional groups attached to an aromatic ring is 1. The van der Waals surface area contributed by atoms with Crippen LogP contribution in [0.15, 0.2) is 34.5 Å². The third kappa shape index (κ3) is 4.37. The Bertz CT molecular complexity index is 945. The van der Waals surface area contributed by atoms with Crippen LogP contribution in [0.4, 0.5) is 11.4 Å². The Labute approximate surface area is 163 Å². The molecule has 0 bridgehead atoms. The summed E-state index contributed by atoms with van der Waals surface area (Å²) in [6.07, 6.45) is 0.377. The lowest BCUT2D eigenvalue weighted by atomic mass is 9.89. The van der Waals surface area contributed by atoms with Crippen LogP contribution in [0.1, 0.15) is 36.0 Å². The zero-order valence-electron chi connectivity index (χ0n) is 15.6. The molecule has 2 aromatic rings. The number of ketones is 1. The van der Waals surface area contributed by atoms with Crippen LogP contribution in [0.3, 0.4) is 0 Å². The lowest BCUT2D eigenvalue weighted by Gasteiger charge is -2.16. The smallest absolute Gasteiger partial charge is 0.254 e. The van der Waals surface area contributed by atoms with Crippen molar-refractivity contribution >= 4 is 44.9 Å². The number of benzene rings is 1. The number of nitrogens with zero attached hydrogens (tertiary/aromatic N) is 1. The minimum absolute atomic E-state index is 0.0432. The molecule has 0 radical (unpaired) electrons. The van der Waals surface area contributed by atoms with Crippen molar-refractivity contribution in [1.82, 2.24) is 4.31 Å². The summed E-state index contributed by atoms with van der Waals surface area (Å²) >= 11 is 0.781. The zero-order valence-corrected chi connectivity index (χ0v) is 17.3. The summed E-state index contributed by atoms with van der Waals surface area (Å²) in [5, 5.41) is 2.38. The van der Waals surface area contributed by atoms with E-state index in [1.54, 1.807) is 20.8 Å². The number of thiophene rings is 1. The summed E-state index contributed by atoms with van der Waals surface area (Å²) < 4.78 is 27.1. The predicted molar refractivity (Wildman–Crippen MR) is 107 cm³/mol. The molecule has 27 heavy (non-hydrogen) atoms. The van der Waals surface area contributed by atoms with Crippen LogP contribution in [0.2, 0.25) is 0 Å². The summed E-state index contributed by atoms with van der Waals surface area (Å²) in [5.74, 6) is -0.296. The Kier molecular flexibility index (Phi) is 6.08. The number of hydrogen-bond donors (Lipinski definition) is 2. The quantitative estimate of drug-likeness (QED) is 0.540. The largest absolute Gasteiger partial charge is 0.395 e. The molecule has 0 aliphatic carbocycles. The van der Waals surface area contributed by atoms with Gasteiger partial charge in [-0.05, 0) is 5.56 Å². The van der Waals surface area contributed by atoms with Crippen molar-refractivity contribution in [2.75, 3.05) is 18.1 Å². The average molecular weight is 410 g/mol. The van der Waals surface area contributed by atoms with E-state index >= 15 is 0 Å². The fourth-order valence-corrected chi connectivity index (χ4v) is 5.49. The topological polar surface area (TPSA) is 110 Å². The number of carbonyl (C=O) groups excluding carboxylic acids is 2. The van der Waals surface area contributed by atoms with Crippen LogP contribution in [-0.2, 0) is 21.4 Å². The molecule has 146 valence electrons. The van der Waals surface area contributed by atoms with E-state index in [4.69, 9.17) is 5.73 Å². The van der Waals surface area contributed by atoms with Crippen LogP contribution in [0.25, 0.3) is 0 Å². The van der Waals surface area contributed by atoms with E-state index in [-0.39, 0.29) is 32.8 Å². The first-order valence-electron chi connectivity index (χ1n) is 8.17. The molecular weight excluding hydrogens is 386 g/mol. The molecule has 1 aromatic carbocycles. The van der Waals surface area contributed by atoms with Gasteiger partial charge in [0.2, 0.25) is 6.41 Å². The van der Waals surface area contributed by atoms with Crippen molar-refractivity contribution in [3.05, 3.63) is 40.8 Å². The Balaban J connectivity index is 2.50. The SMILES string of the molecule is CN(Cc1ccccc1)S(=O)(=O)c1sc(C(=O)C(C)(C)C)c(NC=O)c1N. The Hall–Kier alpha value is -2.23. The fourth-order valence-electron chi connectivity index (χ4n) is 2.38. The number of anilines is 2. The number of nitrogens with two attached hydrogens (primary N) is 1. The van der Waals surface area contributed by atoms with Crippen molar-refractivity contribution in [1.29, 1.82) is 0 Å². The van der Waals surface area contributed by atoms with Gasteiger partial charge >= 0.3 is 0 Å². The summed E-state index contributed by atoms with van der Waals surface area (Å²) in [4.78, 5) is 23.8. The molecule has 0 saturated carbocycles. The van der Waals surface area contributed by atoms with Gasteiger partial charge in [-0.2, -0.15) is 4.31 Å². The van der Waals surface area contributed by atoms with Gasteiger partial charge in [0.15, 0.2) is 9.99 Å². The first-order valence-corrected chi connectivity index (χ1v) is 10.4. The molecule has 2 rings (SSSR count). The predicted octanol–water partition coefficient (Wildman–Crippen LogP) is 2.95. The van der Waals surface area contributed by atoms with E-state index in [0.29, 0.717) is 6.41 Å². The molecule has 0 aliphatic heterocycles. The zero-order chi connectivity index (χ0) is 20.4. The molecule has 1 amide bonds. The average Bonchev–Trinajstić information content (AvgIpc) is 2.92. The number of amides is 1. The van der Waals surface area contributed by atoms with E-state index in [0.717, 1.165) is 16.9 Å². The second-order valence-electron chi connectivity index (χ2n) is 7.10. The monoisotopic (exact) mass is 409 g/mol. The molecular formula is C18H23N3O4S2. The number of hydrogen-bond acceptors (Lipinski definition) is 6. The van der Waals surface area contributed by atoms with Gasteiger partial charge in [0.25, 0.3) is 10.0 Å². The van der Waals surface area contributed by atoms with Gasteiger partial charge in [-0.25, -0.2) is 8.42 Å². The summed E-state index contributed by atoms with van der Waals surface area (Å²) in [6, 6.07) is 9.12. The minimum Gasteiger partial charge on any atom is -0.395 e. The summed E-state index contributed by atoms with van der Waals surface area (Å²) in [7, 11) is -2.50. The molecule has 0 fully saturated rings. The van der Waals surface area contributed by atoms with E-state index in [9.17, 15) is 18.0 Å². The molecule has 0 spiro atoms. The highest BCUT2D eigenvalue weighted by molar-refractivity contribution is 7.91. The van der Waals surface area contributed by atoms with Crippen molar-refractivity contribution in [3.63, 3.8) is 0 Å². The maximum atomic E-state index is 13.0. The number of Topliss-reactive ketones (excluding diaryl/α,β-unsaturated/α-hetero) is 1. The first kappa shape index (κ1) is 21.1. The van der Waals surface area contributed by atoms with E-state index in [2.05, 4.69) is 5.32 Å². The number of rotatable bonds is 7. The lowest BCUT2D eigenvalue weighted by molar-refractivity contribution is -0.105. The van der Waals surface area contributed by atoms with Gasteiger partial charge in [0.1, 0.15) is 0 Å². The molecule has 1 heterocycles. The van der Waals surface area contributed by atoms with Gasteiger partial charge in [-0.3, -0.25) is 9.59 Å². The van der Waals surface area contributed by atoms with Gasteiger partial charge in [-0.15, -0.1) is 11.3 Å². The molecule has 0 aliphatic rings. The molecule has 7 nitrogen and oxygen atoms in total. The molecule has 3 N–H and O–H groups in total. The standard InChI is InChI=1S/C18H23N3O4S2/c1-18(2,3)16(23)15-14(20-11-22)13(19)17(26-15)27(24,25)21(4)10-12-8-6-5-7-9-12/h5-9,11H,10,19H2,1-4H3,(H,20,22). The molecule has 0 saturated heterocycles. The summed E-state index contributed by atoms with van der Waals surface area (Å²) in [6.45, 7) is 5.29. The molecule has 9 heteroatoms. The van der Waals surface area contributed by atoms with Gasteiger partial charge < -0.3 is 11.1 Å². The highest BCUT2D eigenvalue weighted by Crippen LogP contribution is 2.42. The van der Waals surface area contributed by atoms with Gasteiger partial charge in [-0.1, -0.05) is 51.1 Å². The van der Waals surface area contributed by atoms with Crippen molar-refractivity contribution in [2.24, 2.45) is 5.41 Å².